The number of hydrogen-bond acceptors (Lipinski definition) is 2. The van der Waals surface area contributed by atoms with E-state index in [9.17, 15) is 9.18 Å². The van der Waals surface area contributed by atoms with Crippen molar-refractivity contribution in [1.29, 1.82) is 0 Å². The van der Waals surface area contributed by atoms with Crippen LogP contribution < -0.4 is 10.2 Å². The molecule has 1 aliphatic heterocycles. The number of rotatable bonds is 6. The van der Waals surface area contributed by atoms with Crippen LogP contribution in [0.15, 0.2) is 54.6 Å². The number of nitrogens with zero attached hydrogens (tertiary/aromatic N) is 2. The van der Waals surface area contributed by atoms with E-state index in [1.165, 1.54) is 28.5 Å². The summed E-state index contributed by atoms with van der Waals surface area (Å²) in [4.78, 5) is 14.4. The van der Waals surface area contributed by atoms with E-state index in [2.05, 4.69) is 10.4 Å². The highest BCUT2D eigenvalue weighted by molar-refractivity contribution is 6.32. The topological polar surface area (TPSA) is 51.4 Å². The van der Waals surface area contributed by atoms with E-state index in [1.54, 1.807) is 36.4 Å². The maximum absolute atomic E-state index is 14.3. The van der Waals surface area contributed by atoms with Crippen LogP contribution >= 0.6 is 11.6 Å². The number of aromatic nitrogens is 2. The number of nitrogens with one attached hydrogen (secondary N) is 2. The first-order valence-corrected chi connectivity index (χ1v) is 10.2. The van der Waals surface area contributed by atoms with E-state index in [4.69, 9.17) is 11.6 Å². The van der Waals surface area contributed by atoms with Crippen molar-refractivity contribution in [3.63, 3.8) is 0 Å². The van der Waals surface area contributed by atoms with Gasteiger partial charge in [-0.3, -0.25) is 4.79 Å². The van der Waals surface area contributed by atoms with Crippen LogP contribution in [0.3, 0.4) is 0 Å². The highest BCUT2D eigenvalue weighted by atomic mass is 35.5. The molecule has 0 bridgehead atoms. The molecule has 2 heterocycles. The molecule has 150 valence electrons. The molecule has 0 radical (unpaired) electrons. The quantitative estimate of drug-likeness (QED) is 0.653. The van der Waals surface area contributed by atoms with Gasteiger partial charge in [0.2, 0.25) is 0 Å². The number of amides is 1. The van der Waals surface area contributed by atoms with Crippen molar-refractivity contribution in [2.24, 2.45) is 0 Å². The third-order valence-electron chi connectivity index (χ3n) is 5.25. The van der Waals surface area contributed by atoms with Crippen LogP contribution in [0.4, 0.5) is 4.39 Å². The molecular formula is C22H23ClFN4O+. The number of quaternary nitrogens is 1. The van der Waals surface area contributed by atoms with Crippen molar-refractivity contribution in [3.05, 3.63) is 71.1 Å². The highest BCUT2D eigenvalue weighted by Crippen LogP contribution is 2.27. The Hall–Kier alpha value is -2.70. The largest absolute Gasteiger partial charge is 0.345 e. The van der Waals surface area contributed by atoms with Crippen LogP contribution in [0.2, 0.25) is 5.02 Å². The van der Waals surface area contributed by atoms with E-state index in [1.807, 2.05) is 12.1 Å². The minimum atomic E-state index is -0.388. The summed E-state index contributed by atoms with van der Waals surface area (Å²) < 4.78 is 15.8. The maximum Gasteiger partial charge on any atom is 0.270 e. The van der Waals surface area contributed by atoms with Crippen LogP contribution in [-0.2, 0) is 0 Å². The Balaban J connectivity index is 1.64. The summed E-state index contributed by atoms with van der Waals surface area (Å²) in [5, 5.41) is 7.95. The number of hydrogen-bond donors (Lipinski definition) is 2. The molecule has 2 aromatic carbocycles. The average molecular weight is 414 g/mol. The van der Waals surface area contributed by atoms with Crippen molar-refractivity contribution < 1.29 is 14.1 Å². The van der Waals surface area contributed by atoms with Crippen molar-refractivity contribution in [2.45, 2.75) is 12.8 Å². The summed E-state index contributed by atoms with van der Waals surface area (Å²) in [6.07, 6.45) is 2.49. The minimum Gasteiger partial charge on any atom is -0.345 e. The lowest BCUT2D eigenvalue weighted by molar-refractivity contribution is -0.886. The standard InChI is InChI=1S/C22H22ClFN4O/c23-17-8-2-4-10-20(17)28-21(22(29)25-11-14-27-12-5-6-13-27)15-19(26-28)16-7-1-3-9-18(16)24/h1-4,7-10,15H,5-6,11-14H2,(H,25,29)/p+1. The molecule has 2 N–H and O–H groups in total. The molecule has 1 saturated heterocycles. The molecule has 0 aliphatic carbocycles. The van der Waals surface area contributed by atoms with Gasteiger partial charge >= 0.3 is 0 Å². The zero-order valence-corrected chi connectivity index (χ0v) is 16.8. The van der Waals surface area contributed by atoms with Crippen LogP contribution in [0, 0.1) is 5.82 Å². The van der Waals surface area contributed by atoms with Crippen LogP contribution in [0.1, 0.15) is 23.3 Å². The second-order valence-electron chi connectivity index (χ2n) is 7.22. The van der Waals surface area contributed by atoms with Gasteiger partial charge in [0.25, 0.3) is 5.91 Å². The summed E-state index contributed by atoms with van der Waals surface area (Å²) in [5.74, 6) is -0.639. The van der Waals surface area contributed by atoms with Gasteiger partial charge in [-0.15, -0.1) is 0 Å². The van der Waals surface area contributed by atoms with Crippen molar-refractivity contribution in [2.75, 3.05) is 26.2 Å². The van der Waals surface area contributed by atoms with Gasteiger partial charge in [0.15, 0.2) is 0 Å². The van der Waals surface area contributed by atoms with E-state index < -0.39 is 0 Å². The Bertz CT molecular complexity index is 1010. The Kier molecular flexibility index (Phi) is 5.92. The van der Waals surface area contributed by atoms with Gasteiger partial charge in [0.1, 0.15) is 11.5 Å². The van der Waals surface area contributed by atoms with Gasteiger partial charge in [-0.1, -0.05) is 35.9 Å². The van der Waals surface area contributed by atoms with Gasteiger partial charge < -0.3 is 10.2 Å². The predicted molar refractivity (Wildman–Crippen MR) is 111 cm³/mol. The fraction of sp³-hybridized carbons (Fsp3) is 0.273. The highest BCUT2D eigenvalue weighted by Gasteiger charge is 2.21. The minimum absolute atomic E-state index is 0.251. The number of carbonyl (C=O) groups is 1. The Morgan fingerprint density at radius 3 is 2.62 bits per heavy atom. The van der Waals surface area contributed by atoms with E-state index in [-0.39, 0.29) is 11.7 Å². The van der Waals surface area contributed by atoms with E-state index in [0.29, 0.717) is 34.2 Å². The lowest BCUT2D eigenvalue weighted by Crippen LogP contribution is -3.10. The summed E-state index contributed by atoms with van der Waals surface area (Å²) in [6.45, 7) is 3.79. The van der Waals surface area contributed by atoms with Crippen molar-refractivity contribution in [1.82, 2.24) is 15.1 Å². The van der Waals surface area contributed by atoms with Crippen molar-refractivity contribution >= 4 is 17.5 Å². The number of para-hydroxylation sites is 1. The van der Waals surface area contributed by atoms with Crippen LogP contribution in [-0.4, -0.2) is 41.9 Å². The Labute approximate surface area is 174 Å². The fourth-order valence-corrected chi connectivity index (χ4v) is 3.93. The number of likely N-dealkylation sites (tertiary alicyclic amines) is 1. The molecule has 29 heavy (non-hydrogen) atoms. The molecule has 7 heteroatoms. The number of benzene rings is 2. The first-order chi connectivity index (χ1) is 14.1. The Morgan fingerprint density at radius 1 is 1.14 bits per heavy atom. The first-order valence-electron chi connectivity index (χ1n) is 9.85. The van der Waals surface area contributed by atoms with E-state index in [0.717, 1.165) is 19.6 Å². The van der Waals surface area contributed by atoms with Gasteiger partial charge in [-0.2, -0.15) is 5.10 Å². The first kappa shape index (κ1) is 19.6. The van der Waals surface area contributed by atoms with Crippen LogP contribution in [0.5, 0.6) is 0 Å². The maximum atomic E-state index is 14.3. The molecule has 0 saturated carbocycles. The summed E-state index contributed by atoms with van der Waals surface area (Å²) in [6, 6.07) is 15.2. The van der Waals surface area contributed by atoms with Gasteiger partial charge in [-0.25, -0.2) is 9.07 Å². The normalized spacial score (nSPS) is 14.3. The molecule has 0 unspecified atom stereocenters. The second-order valence-corrected chi connectivity index (χ2v) is 7.63. The molecule has 4 rings (SSSR count). The van der Waals surface area contributed by atoms with Gasteiger partial charge in [-0.05, 0) is 30.3 Å². The molecule has 0 atom stereocenters. The number of halogens is 2. The third kappa shape index (κ3) is 4.33. The summed E-state index contributed by atoms with van der Waals surface area (Å²) in [5.41, 5.74) is 1.63. The molecule has 0 spiro atoms. The van der Waals surface area contributed by atoms with Gasteiger partial charge in [0.05, 0.1) is 42.6 Å². The third-order valence-corrected chi connectivity index (χ3v) is 5.57. The van der Waals surface area contributed by atoms with Crippen molar-refractivity contribution in [3.8, 4) is 16.9 Å². The molecule has 1 aromatic heterocycles. The SMILES string of the molecule is O=C(NCC[NH+]1CCCC1)c1cc(-c2ccccc2F)nn1-c1ccccc1Cl. The zero-order chi connectivity index (χ0) is 20.2. The second kappa shape index (κ2) is 8.76. The predicted octanol–water partition coefficient (Wildman–Crippen LogP) is 2.74. The molecule has 3 aromatic rings. The average Bonchev–Trinajstić information content (AvgIpc) is 3.39. The smallest absolute Gasteiger partial charge is 0.270 e. The molecule has 1 aliphatic rings. The molecule has 1 fully saturated rings. The summed E-state index contributed by atoms with van der Waals surface area (Å²) >= 11 is 6.34. The molecular weight excluding hydrogens is 391 g/mol. The number of carbonyl (C=O) groups excluding carboxylic acids is 1. The molecule has 5 nitrogen and oxygen atoms in total. The lowest BCUT2D eigenvalue weighted by Gasteiger charge is -2.13. The van der Waals surface area contributed by atoms with E-state index >= 15 is 0 Å². The fourth-order valence-electron chi connectivity index (χ4n) is 3.72. The lowest BCUT2D eigenvalue weighted by atomic mass is 10.1. The van der Waals surface area contributed by atoms with Crippen LogP contribution in [0.25, 0.3) is 16.9 Å². The summed E-state index contributed by atoms with van der Waals surface area (Å²) in [7, 11) is 0. The monoisotopic (exact) mass is 413 g/mol. The van der Waals surface area contributed by atoms with Gasteiger partial charge in [0, 0.05) is 18.4 Å². The molecule has 1 amide bonds. The Morgan fingerprint density at radius 2 is 1.86 bits per heavy atom. The zero-order valence-electron chi connectivity index (χ0n) is 16.0.